The van der Waals surface area contributed by atoms with Crippen LogP contribution in [0.4, 0.5) is 11.5 Å². The van der Waals surface area contributed by atoms with Crippen molar-refractivity contribution in [2.75, 3.05) is 17.4 Å². The number of carbonyl (C=O) groups excluding carboxylic acids is 1. The van der Waals surface area contributed by atoms with Crippen molar-refractivity contribution in [3.05, 3.63) is 65.9 Å². The van der Waals surface area contributed by atoms with E-state index in [0.717, 1.165) is 5.69 Å². The summed E-state index contributed by atoms with van der Waals surface area (Å²) >= 11 is 0. The van der Waals surface area contributed by atoms with Gasteiger partial charge in [-0.25, -0.2) is 9.97 Å². The molecule has 2 N–H and O–H groups in total. The highest BCUT2D eigenvalue weighted by Crippen LogP contribution is 2.34. The number of pyridine rings is 1. The monoisotopic (exact) mass is 363 g/mol. The Kier molecular flexibility index (Phi) is 4.52. The van der Waals surface area contributed by atoms with Crippen molar-refractivity contribution in [2.24, 2.45) is 0 Å². The molecule has 2 aromatic heterocycles. The number of rotatable bonds is 5. The van der Waals surface area contributed by atoms with Crippen LogP contribution in [0.5, 0.6) is 11.5 Å². The number of hydrogen-bond acceptors (Lipinski definition) is 7. The minimum absolute atomic E-state index is 0.184. The van der Waals surface area contributed by atoms with Crippen LogP contribution in [0.3, 0.4) is 0 Å². The molecule has 1 aromatic carbocycles. The van der Waals surface area contributed by atoms with Crippen molar-refractivity contribution in [1.29, 1.82) is 0 Å². The summed E-state index contributed by atoms with van der Waals surface area (Å²) in [6.45, 7) is 2.42. The summed E-state index contributed by atoms with van der Waals surface area (Å²) in [6, 6.07) is 12.5. The molecule has 1 aliphatic heterocycles. The first kappa shape index (κ1) is 16.8. The van der Waals surface area contributed by atoms with Gasteiger partial charge in [0.15, 0.2) is 11.5 Å². The molecule has 1 aliphatic rings. The zero-order valence-electron chi connectivity index (χ0n) is 14.6. The van der Waals surface area contributed by atoms with Gasteiger partial charge < -0.3 is 20.1 Å². The summed E-state index contributed by atoms with van der Waals surface area (Å²) < 4.78 is 10.6. The lowest BCUT2D eigenvalue weighted by molar-refractivity contribution is 0.102. The van der Waals surface area contributed by atoms with E-state index in [9.17, 15) is 4.79 Å². The van der Waals surface area contributed by atoms with Gasteiger partial charge in [-0.3, -0.25) is 9.78 Å². The maximum Gasteiger partial charge on any atom is 0.274 e. The molecule has 0 aliphatic carbocycles. The molecule has 3 heterocycles. The van der Waals surface area contributed by atoms with Crippen LogP contribution in [0.15, 0.2) is 48.7 Å². The number of benzene rings is 1. The number of amides is 1. The van der Waals surface area contributed by atoms with E-state index in [1.165, 1.54) is 0 Å². The second-order valence-electron chi connectivity index (χ2n) is 5.88. The van der Waals surface area contributed by atoms with Crippen molar-refractivity contribution in [2.45, 2.75) is 13.5 Å². The van der Waals surface area contributed by atoms with Gasteiger partial charge in [-0.2, -0.15) is 0 Å². The van der Waals surface area contributed by atoms with Gasteiger partial charge in [0.25, 0.3) is 5.91 Å². The normalized spacial score (nSPS) is 11.9. The summed E-state index contributed by atoms with van der Waals surface area (Å²) in [6.07, 6.45) is 1.73. The third-order valence-corrected chi connectivity index (χ3v) is 3.88. The SMILES string of the molecule is Cc1nc(NCc2ccccn2)cc(C(=O)Nc2ccc3c(c2)OCO3)n1. The van der Waals surface area contributed by atoms with Gasteiger partial charge in [0.05, 0.1) is 12.2 Å². The molecule has 136 valence electrons. The topological polar surface area (TPSA) is 98.3 Å². The molecule has 0 fully saturated rings. The summed E-state index contributed by atoms with van der Waals surface area (Å²) in [7, 11) is 0. The second-order valence-corrected chi connectivity index (χ2v) is 5.88. The van der Waals surface area contributed by atoms with Crippen LogP contribution in [0.2, 0.25) is 0 Å². The number of ether oxygens (including phenoxy) is 2. The van der Waals surface area contributed by atoms with Gasteiger partial charge in [0, 0.05) is 24.0 Å². The van der Waals surface area contributed by atoms with E-state index in [0.29, 0.717) is 35.4 Å². The molecule has 0 atom stereocenters. The fourth-order valence-electron chi connectivity index (χ4n) is 2.63. The van der Waals surface area contributed by atoms with Gasteiger partial charge >= 0.3 is 0 Å². The number of aromatic nitrogens is 3. The Balaban J connectivity index is 1.47. The summed E-state index contributed by atoms with van der Waals surface area (Å²) in [5, 5.41) is 5.98. The van der Waals surface area contributed by atoms with Crippen LogP contribution in [0.1, 0.15) is 22.0 Å². The Morgan fingerprint density at radius 3 is 2.85 bits per heavy atom. The molecule has 0 saturated carbocycles. The van der Waals surface area contributed by atoms with Crippen LogP contribution in [-0.4, -0.2) is 27.7 Å². The van der Waals surface area contributed by atoms with Crippen molar-refractivity contribution in [3.8, 4) is 11.5 Å². The number of hydrogen-bond donors (Lipinski definition) is 2. The number of carbonyl (C=O) groups is 1. The molecule has 4 rings (SSSR count). The van der Waals surface area contributed by atoms with E-state index in [4.69, 9.17) is 9.47 Å². The number of anilines is 2. The van der Waals surface area contributed by atoms with Crippen LogP contribution in [-0.2, 0) is 6.54 Å². The Morgan fingerprint density at radius 2 is 2.00 bits per heavy atom. The van der Waals surface area contributed by atoms with Gasteiger partial charge in [0.1, 0.15) is 17.3 Å². The number of nitrogens with zero attached hydrogens (tertiary/aromatic N) is 3. The van der Waals surface area contributed by atoms with Crippen LogP contribution < -0.4 is 20.1 Å². The average molecular weight is 363 g/mol. The van der Waals surface area contributed by atoms with Crippen molar-refractivity contribution >= 4 is 17.4 Å². The summed E-state index contributed by atoms with van der Waals surface area (Å²) in [4.78, 5) is 25.4. The first-order chi connectivity index (χ1) is 13.2. The lowest BCUT2D eigenvalue weighted by Gasteiger charge is -2.09. The van der Waals surface area contributed by atoms with E-state index in [1.807, 2.05) is 18.2 Å². The van der Waals surface area contributed by atoms with E-state index >= 15 is 0 Å². The Morgan fingerprint density at radius 1 is 1.11 bits per heavy atom. The molecule has 0 radical (unpaired) electrons. The van der Waals surface area contributed by atoms with Gasteiger partial charge in [0.2, 0.25) is 6.79 Å². The maximum atomic E-state index is 12.6. The van der Waals surface area contributed by atoms with E-state index in [2.05, 4.69) is 25.6 Å². The number of aryl methyl sites for hydroxylation is 1. The van der Waals surface area contributed by atoms with E-state index in [-0.39, 0.29) is 18.4 Å². The molecule has 1 amide bonds. The molecule has 3 aromatic rings. The second kappa shape index (κ2) is 7.28. The molecule has 27 heavy (non-hydrogen) atoms. The highest BCUT2D eigenvalue weighted by atomic mass is 16.7. The summed E-state index contributed by atoms with van der Waals surface area (Å²) in [5.41, 5.74) is 1.74. The predicted molar refractivity (Wildman–Crippen MR) is 98.9 cm³/mol. The minimum Gasteiger partial charge on any atom is -0.454 e. The fraction of sp³-hybridized carbons (Fsp3) is 0.158. The largest absolute Gasteiger partial charge is 0.454 e. The average Bonchev–Trinajstić information content (AvgIpc) is 3.14. The highest BCUT2D eigenvalue weighted by Gasteiger charge is 2.16. The molecule has 0 bridgehead atoms. The molecule has 0 unspecified atom stereocenters. The highest BCUT2D eigenvalue weighted by molar-refractivity contribution is 6.03. The van der Waals surface area contributed by atoms with Gasteiger partial charge in [-0.15, -0.1) is 0 Å². The number of nitrogens with one attached hydrogen (secondary N) is 2. The molecule has 0 saturated heterocycles. The van der Waals surface area contributed by atoms with Gasteiger partial charge in [-0.1, -0.05) is 6.07 Å². The molecule has 8 nitrogen and oxygen atoms in total. The smallest absolute Gasteiger partial charge is 0.274 e. The Hall–Kier alpha value is -3.68. The number of fused-ring (bicyclic) bond motifs is 1. The van der Waals surface area contributed by atoms with Crippen molar-refractivity contribution in [1.82, 2.24) is 15.0 Å². The van der Waals surface area contributed by atoms with Crippen LogP contribution in [0, 0.1) is 6.92 Å². The molecule has 0 spiro atoms. The van der Waals surface area contributed by atoms with E-state index in [1.54, 1.807) is 37.4 Å². The molecular formula is C19H17N5O3. The van der Waals surface area contributed by atoms with Gasteiger partial charge in [-0.05, 0) is 31.2 Å². The standard InChI is InChI=1S/C19H17N5O3/c1-12-22-15(9-18(23-12)21-10-14-4-2-3-7-20-14)19(25)24-13-5-6-16-17(8-13)27-11-26-16/h2-9H,10-11H2,1H3,(H,24,25)(H,21,22,23). The third-order valence-electron chi connectivity index (χ3n) is 3.88. The predicted octanol–water partition coefficient (Wildman–Crippen LogP) is 2.77. The lowest BCUT2D eigenvalue weighted by atomic mass is 10.2. The molecular weight excluding hydrogens is 346 g/mol. The quantitative estimate of drug-likeness (QED) is 0.719. The first-order valence-electron chi connectivity index (χ1n) is 8.38. The van der Waals surface area contributed by atoms with Crippen LogP contribution >= 0.6 is 0 Å². The maximum absolute atomic E-state index is 12.6. The summed E-state index contributed by atoms with van der Waals surface area (Å²) in [5.74, 6) is 1.98. The lowest BCUT2D eigenvalue weighted by Crippen LogP contribution is -2.16. The van der Waals surface area contributed by atoms with Crippen molar-refractivity contribution in [3.63, 3.8) is 0 Å². The van der Waals surface area contributed by atoms with E-state index < -0.39 is 0 Å². The van der Waals surface area contributed by atoms with Crippen LogP contribution in [0.25, 0.3) is 0 Å². The zero-order valence-corrected chi connectivity index (χ0v) is 14.6. The minimum atomic E-state index is -0.333. The Bertz CT molecular complexity index is 978. The fourth-order valence-corrected chi connectivity index (χ4v) is 2.63. The first-order valence-corrected chi connectivity index (χ1v) is 8.38. The zero-order chi connectivity index (χ0) is 18.6. The molecule has 8 heteroatoms. The third kappa shape index (κ3) is 3.95. The van der Waals surface area contributed by atoms with Crippen molar-refractivity contribution < 1.29 is 14.3 Å². The Labute approximate surface area is 155 Å².